The molecule has 96 valence electrons. The van der Waals surface area contributed by atoms with Crippen LogP contribution in [0.15, 0.2) is 6.20 Å². The maximum Gasteiger partial charge on any atom is 0.361 e. The summed E-state index contributed by atoms with van der Waals surface area (Å²) in [7, 11) is 0. The minimum Gasteiger partial charge on any atom is -0.455 e. The van der Waals surface area contributed by atoms with Crippen molar-refractivity contribution >= 4 is 5.97 Å². The number of carbonyl (C=O) groups is 1. The molecule has 1 N–H and O–H groups in total. The van der Waals surface area contributed by atoms with Crippen molar-refractivity contribution in [3.05, 3.63) is 11.9 Å². The lowest BCUT2D eigenvalue weighted by Crippen LogP contribution is -2.24. The van der Waals surface area contributed by atoms with Gasteiger partial charge in [-0.25, -0.2) is 9.48 Å². The third kappa shape index (κ3) is 4.52. The highest BCUT2D eigenvalue weighted by Gasteiger charge is 2.20. The molecule has 0 aromatic carbocycles. The van der Waals surface area contributed by atoms with Crippen molar-refractivity contribution in [2.24, 2.45) is 0 Å². The Hall–Kier alpha value is -1.43. The van der Waals surface area contributed by atoms with Crippen LogP contribution < -0.4 is 0 Å². The monoisotopic (exact) mass is 241 g/mol. The molecule has 0 bridgehead atoms. The molecule has 6 heteroatoms. The first-order chi connectivity index (χ1) is 7.81. The fourth-order valence-electron chi connectivity index (χ4n) is 1.16. The topological polar surface area (TPSA) is 77.2 Å². The summed E-state index contributed by atoms with van der Waals surface area (Å²) in [6.07, 6.45) is 1.62. The largest absolute Gasteiger partial charge is 0.455 e. The molecule has 0 aliphatic rings. The van der Waals surface area contributed by atoms with Crippen molar-refractivity contribution in [2.45, 2.75) is 52.4 Å². The van der Waals surface area contributed by atoms with E-state index in [2.05, 4.69) is 10.3 Å². The first kappa shape index (κ1) is 13.6. The Morgan fingerprint density at radius 3 is 2.76 bits per heavy atom. The van der Waals surface area contributed by atoms with Crippen LogP contribution in [-0.4, -0.2) is 37.8 Å². The smallest absolute Gasteiger partial charge is 0.361 e. The SMILES string of the molecule is CC[C@H](O)Cn1cc(C(=O)OC(C)(C)C)nn1. The predicted molar refractivity (Wildman–Crippen MR) is 61.5 cm³/mol. The van der Waals surface area contributed by atoms with Crippen molar-refractivity contribution in [2.75, 3.05) is 0 Å². The highest BCUT2D eigenvalue weighted by atomic mass is 16.6. The van der Waals surface area contributed by atoms with E-state index in [1.807, 2.05) is 6.92 Å². The predicted octanol–water partition coefficient (Wildman–Crippen LogP) is 1.00. The first-order valence-corrected chi connectivity index (χ1v) is 5.63. The second-order valence-electron chi connectivity index (χ2n) is 4.89. The molecule has 1 aromatic heterocycles. The number of esters is 1. The van der Waals surface area contributed by atoms with Gasteiger partial charge in [0.2, 0.25) is 0 Å². The van der Waals surface area contributed by atoms with Crippen LogP contribution in [0.5, 0.6) is 0 Å². The minimum atomic E-state index is -0.552. The fraction of sp³-hybridized carbons (Fsp3) is 0.727. The maximum atomic E-state index is 11.6. The van der Waals surface area contributed by atoms with E-state index in [-0.39, 0.29) is 5.69 Å². The number of hydrogen-bond donors (Lipinski definition) is 1. The molecule has 1 atom stereocenters. The van der Waals surface area contributed by atoms with Gasteiger partial charge >= 0.3 is 5.97 Å². The van der Waals surface area contributed by atoms with Gasteiger partial charge in [-0.05, 0) is 27.2 Å². The Morgan fingerprint density at radius 2 is 2.24 bits per heavy atom. The van der Waals surface area contributed by atoms with E-state index in [1.54, 1.807) is 20.8 Å². The number of aromatic nitrogens is 3. The Balaban J connectivity index is 2.65. The molecule has 6 nitrogen and oxygen atoms in total. The molecule has 17 heavy (non-hydrogen) atoms. The number of hydrogen-bond acceptors (Lipinski definition) is 5. The molecule has 0 saturated heterocycles. The van der Waals surface area contributed by atoms with Gasteiger partial charge in [0.25, 0.3) is 0 Å². The molecule has 1 heterocycles. The molecule has 0 unspecified atom stereocenters. The summed E-state index contributed by atoms with van der Waals surface area (Å²) >= 11 is 0. The summed E-state index contributed by atoms with van der Waals surface area (Å²) < 4.78 is 6.59. The number of aliphatic hydroxyl groups excluding tert-OH is 1. The average Bonchev–Trinajstić information content (AvgIpc) is 2.63. The Labute approximate surface area is 101 Å². The third-order valence-electron chi connectivity index (χ3n) is 2.02. The molecule has 0 amide bonds. The minimum absolute atomic E-state index is 0.156. The van der Waals surface area contributed by atoms with Crippen molar-refractivity contribution < 1.29 is 14.6 Å². The molecule has 0 spiro atoms. The normalized spacial score (nSPS) is 13.5. The molecule has 1 rings (SSSR count). The maximum absolute atomic E-state index is 11.6. The average molecular weight is 241 g/mol. The molecular weight excluding hydrogens is 222 g/mol. The molecule has 1 aromatic rings. The summed E-state index contributed by atoms with van der Waals surface area (Å²) in [5.41, 5.74) is -0.396. The quantitative estimate of drug-likeness (QED) is 0.796. The fourth-order valence-corrected chi connectivity index (χ4v) is 1.16. The van der Waals surface area contributed by atoms with Crippen LogP contribution in [0.25, 0.3) is 0 Å². The highest BCUT2D eigenvalue weighted by Crippen LogP contribution is 2.10. The van der Waals surface area contributed by atoms with Crippen molar-refractivity contribution in [1.82, 2.24) is 15.0 Å². The molecule has 0 fully saturated rings. The van der Waals surface area contributed by atoms with E-state index in [0.717, 1.165) is 0 Å². The van der Waals surface area contributed by atoms with Crippen molar-refractivity contribution in [1.29, 1.82) is 0 Å². The van der Waals surface area contributed by atoms with E-state index >= 15 is 0 Å². The molecule has 0 saturated carbocycles. The van der Waals surface area contributed by atoms with Gasteiger partial charge < -0.3 is 9.84 Å². The number of rotatable bonds is 4. The standard InChI is InChI=1S/C11H19N3O3/c1-5-8(15)6-14-7-9(12-13-14)10(16)17-11(2,3)4/h7-8,15H,5-6H2,1-4H3/t8-/m0/s1. The van der Waals surface area contributed by atoms with Crippen LogP contribution in [0.2, 0.25) is 0 Å². The van der Waals surface area contributed by atoms with Crippen molar-refractivity contribution in [3.8, 4) is 0 Å². The Morgan fingerprint density at radius 1 is 1.59 bits per heavy atom. The Bertz CT molecular complexity index is 382. The second-order valence-corrected chi connectivity index (χ2v) is 4.89. The molecule has 0 aliphatic carbocycles. The molecule has 0 radical (unpaired) electrons. The Kier molecular flexibility index (Phi) is 4.22. The van der Waals surface area contributed by atoms with Crippen LogP contribution >= 0.6 is 0 Å². The first-order valence-electron chi connectivity index (χ1n) is 5.63. The van der Waals surface area contributed by atoms with Crippen molar-refractivity contribution in [3.63, 3.8) is 0 Å². The van der Waals surface area contributed by atoms with Gasteiger partial charge in [-0.2, -0.15) is 0 Å². The number of carbonyl (C=O) groups excluding carboxylic acids is 1. The summed E-state index contributed by atoms with van der Waals surface area (Å²) in [6, 6.07) is 0. The van der Waals surface area contributed by atoms with Crippen LogP contribution in [-0.2, 0) is 11.3 Å². The second kappa shape index (κ2) is 5.27. The number of aliphatic hydroxyl groups is 1. The van der Waals surface area contributed by atoms with Gasteiger partial charge in [0.1, 0.15) is 5.60 Å². The van der Waals surface area contributed by atoms with Crippen LogP contribution in [0.1, 0.15) is 44.6 Å². The lowest BCUT2D eigenvalue weighted by molar-refractivity contribution is 0.00626. The summed E-state index contributed by atoms with van der Waals surface area (Å²) in [4.78, 5) is 11.6. The van der Waals surface area contributed by atoms with E-state index in [9.17, 15) is 9.90 Å². The zero-order valence-electron chi connectivity index (χ0n) is 10.7. The highest BCUT2D eigenvalue weighted by molar-refractivity contribution is 5.86. The number of nitrogens with zero attached hydrogens (tertiary/aromatic N) is 3. The van der Waals surface area contributed by atoms with Crippen LogP contribution in [0.3, 0.4) is 0 Å². The van der Waals surface area contributed by atoms with Gasteiger partial charge in [0.15, 0.2) is 5.69 Å². The van der Waals surface area contributed by atoms with Gasteiger partial charge in [-0.1, -0.05) is 12.1 Å². The summed E-state index contributed by atoms with van der Waals surface area (Å²) in [5, 5.41) is 16.9. The zero-order valence-corrected chi connectivity index (χ0v) is 10.7. The van der Waals surface area contributed by atoms with Gasteiger partial charge in [0, 0.05) is 0 Å². The lowest BCUT2D eigenvalue weighted by Gasteiger charge is -2.18. The van der Waals surface area contributed by atoms with Gasteiger partial charge in [-0.3, -0.25) is 0 Å². The number of ether oxygens (including phenoxy) is 1. The third-order valence-corrected chi connectivity index (χ3v) is 2.02. The van der Waals surface area contributed by atoms with Crippen LogP contribution in [0.4, 0.5) is 0 Å². The van der Waals surface area contributed by atoms with Gasteiger partial charge in [0.05, 0.1) is 18.8 Å². The van der Waals surface area contributed by atoms with E-state index in [1.165, 1.54) is 10.9 Å². The summed E-state index contributed by atoms with van der Waals surface area (Å²) in [6.45, 7) is 7.56. The molecular formula is C11H19N3O3. The van der Waals surface area contributed by atoms with E-state index in [0.29, 0.717) is 13.0 Å². The van der Waals surface area contributed by atoms with E-state index in [4.69, 9.17) is 4.74 Å². The zero-order chi connectivity index (χ0) is 13.1. The summed E-state index contributed by atoms with van der Waals surface area (Å²) in [5.74, 6) is -0.505. The van der Waals surface area contributed by atoms with Crippen LogP contribution in [0, 0.1) is 0 Å². The van der Waals surface area contributed by atoms with E-state index < -0.39 is 17.7 Å². The molecule has 0 aliphatic heterocycles. The lowest BCUT2D eigenvalue weighted by atomic mass is 10.2. The van der Waals surface area contributed by atoms with Gasteiger partial charge in [-0.15, -0.1) is 5.10 Å².